The van der Waals surface area contributed by atoms with Crippen LogP contribution in [-0.4, -0.2) is 51.5 Å². The Morgan fingerprint density at radius 2 is 2.10 bits per heavy atom. The van der Waals surface area contributed by atoms with E-state index in [1.165, 1.54) is 6.20 Å². The van der Waals surface area contributed by atoms with Gasteiger partial charge < -0.3 is 10.2 Å². The number of carbonyl (C=O) groups is 2. The fourth-order valence-electron chi connectivity index (χ4n) is 3.19. The maximum Gasteiger partial charge on any atom is 0.268 e. The zero-order valence-electron chi connectivity index (χ0n) is 15.8. The zero-order valence-corrected chi connectivity index (χ0v) is 17.3. The Bertz CT molecular complexity index is 1030. The van der Waals surface area contributed by atoms with E-state index in [0.29, 0.717) is 22.3 Å². The van der Waals surface area contributed by atoms with Crippen molar-refractivity contribution in [3.8, 4) is 6.07 Å². The quantitative estimate of drug-likeness (QED) is 0.749. The van der Waals surface area contributed by atoms with E-state index in [1.54, 1.807) is 35.9 Å². The van der Waals surface area contributed by atoms with Gasteiger partial charge in [0.15, 0.2) is 0 Å². The lowest BCUT2D eigenvalue weighted by molar-refractivity contribution is -0.131. The summed E-state index contributed by atoms with van der Waals surface area (Å²) < 4.78 is 28.5. The molecule has 0 radical (unpaired) electrons. The first-order chi connectivity index (χ1) is 14.1. The predicted molar refractivity (Wildman–Crippen MR) is 106 cm³/mol. The summed E-state index contributed by atoms with van der Waals surface area (Å²) in [4.78, 5) is 25.4. The Hall–Kier alpha value is -2.70. The standard InChI is InChI=1S/C19H17Cl2F2N5O2/c1-11-14(9-27(26-11)8-12-2-3-15(20)16(21)4-12)18(30)25-7-17(29)28-10-19(22,23)5-13(28)6-24/h2-4,9,13H,5,7-8,10H2,1H3,(H,25,30)/t13-/m0/s1. The molecule has 158 valence electrons. The van der Waals surface area contributed by atoms with Crippen LogP contribution >= 0.6 is 23.2 Å². The summed E-state index contributed by atoms with van der Waals surface area (Å²) >= 11 is 11.9. The molecule has 7 nitrogen and oxygen atoms in total. The SMILES string of the molecule is Cc1nn(Cc2ccc(Cl)c(Cl)c2)cc1C(=O)NCC(=O)N1CC(F)(F)C[C@H]1C#N. The lowest BCUT2D eigenvalue weighted by atomic mass is 10.2. The Balaban J connectivity index is 1.63. The zero-order chi connectivity index (χ0) is 22.1. The Morgan fingerprint density at radius 3 is 2.77 bits per heavy atom. The van der Waals surface area contributed by atoms with Crippen molar-refractivity contribution in [3.05, 3.63) is 51.3 Å². The Kier molecular flexibility index (Phi) is 6.29. The molecule has 30 heavy (non-hydrogen) atoms. The van der Waals surface area contributed by atoms with Crippen LogP contribution in [0.15, 0.2) is 24.4 Å². The van der Waals surface area contributed by atoms with E-state index >= 15 is 0 Å². The Labute approximate surface area is 181 Å². The molecule has 0 unspecified atom stereocenters. The van der Waals surface area contributed by atoms with Crippen molar-refractivity contribution in [1.82, 2.24) is 20.0 Å². The molecule has 1 saturated heterocycles. The number of carbonyl (C=O) groups excluding carboxylic acids is 2. The van der Waals surface area contributed by atoms with E-state index in [-0.39, 0.29) is 5.56 Å². The number of amides is 2. The van der Waals surface area contributed by atoms with Crippen molar-refractivity contribution in [1.29, 1.82) is 5.26 Å². The van der Waals surface area contributed by atoms with Gasteiger partial charge in [0.2, 0.25) is 5.91 Å². The normalized spacial score (nSPS) is 17.6. The van der Waals surface area contributed by atoms with Crippen LogP contribution in [0.2, 0.25) is 10.0 Å². The third-order valence-electron chi connectivity index (χ3n) is 4.66. The van der Waals surface area contributed by atoms with Gasteiger partial charge >= 0.3 is 0 Å². The highest BCUT2D eigenvalue weighted by molar-refractivity contribution is 6.42. The van der Waals surface area contributed by atoms with Crippen molar-refractivity contribution < 1.29 is 18.4 Å². The van der Waals surface area contributed by atoms with Gasteiger partial charge in [0.25, 0.3) is 11.8 Å². The van der Waals surface area contributed by atoms with Crippen molar-refractivity contribution >= 4 is 35.0 Å². The summed E-state index contributed by atoms with van der Waals surface area (Å²) in [5, 5.41) is 16.5. The number of nitrogens with zero attached hydrogens (tertiary/aromatic N) is 4. The minimum Gasteiger partial charge on any atom is -0.343 e. The second kappa shape index (κ2) is 8.58. The first-order valence-electron chi connectivity index (χ1n) is 8.93. The van der Waals surface area contributed by atoms with E-state index in [1.807, 2.05) is 0 Å². The van der Waals surface area contributed by atoms with Gasteiger partial charge in [0, 0.05) is 12.6 Å². The molecule has 0 aliphatic carbocycles. The molecule has 1 aromatic carbocycles. The van der Waals surface area contributed by atoms with Crippen LogP contribution in [0.3, 0.4) is 0 Å². The molecule has 0 bridgehead atoms. The van der Waals surface area contributed by atoms with E-state index in [9.17, 15) is 18.4 Å². The number of benzene rings is 1. The van der Waals surface area contributed by atoms with E-state index in [4.69, 9.17) is 28.5 Å². The molecular formula is C19H17Cl2F2N5O2. The second-order valence-corrected chi connectivity index (χ2v) is 7.80. The molecule has 1 aliphatic rings. The van der Waals surface area contributed by atoms with Crippen LogP contribution in [0, 0.1) is 18.3 Å². The Morgan fingerprint density at radius 1 is 1.37 bits per heavy atom. The van der Waals surface area contributed by atoms with Gasteiger partial charge in [-0.3, -0.25) is 14.3 Å². The number of alkyl halides is 2. The molecule has 0 saturated carbocycles. The summed E-state index contributed by atoms with van der Waals surface area (Å²) in [6, 6.07) is 5.61. The van der Waals surface area contributed by atoms with Crippen LogP contribution in [0.25, 0.3) is 0 Å². The van der Waals surface area contributed by atoms with Gasteiger partial charge in [-0.05, 0) is 24.6 Å². The minimum absolute atomic E-state index is 0.242. The monoisotopic (exact) mass is 455 g/mol. The van der Waals surface area contributed by atoms with Crippen LogP contribution in [0.5, 0.6) is 0 Å². The number of halogens is 4. The molecule has 2 heterocycles. The van der Waals surface area contributed by atoms with E-state index in [0.717, 1.165) is 10.5 Å². The number of nitriles is 1. The number of nitrogens with one attached hydrogen (secondary N) is 1. The summed E-state index contributed by atoms with van der Waals surface area (Å²) in [7, 11) is 0. The number of aryl methyl sites for hydroxylation is 1. The topological polar surface area (TPSA) is 91.0 Å². The molecule has 1 atom stereocenters. The molecule has 1 aromatic heterocycles. The van der Waals surface area contributed by atoms with Crippen molar-refractivity contribution in [2.45, 2.75) is 31.9 Å². The summed E-state index contributed by atoms with van der Waals surface area (Å²) in [5.74, 6) is -4.42. The first kappa shape index (κ1) is 22.0. The van der Waals surface area contributed by atoms with E-state index < -0.39 is 43.3 Å². The fourth-order valence-corrected chi connectivity index (χ4v) is 3.51. The van der Waals surface area contributed by atoms with Gasteiger partial charge in [-0.2, -0.15) is 10.4 Å². The van der Waals surface area contributed by atoms with E-state index in [2.05, 4.69) is 10.4 Å². The molecule has 2 amide bonds. The lowest BCUT2D eigenvalue weighted by Crippen LogP contribution is -2.43. The third kappa shape index (κ3) is 4.89. The number of rotatable bonds is 5. The molecule has 1 N–H and O–H groups in total. The highest BCUT2D eigenvalue weighted by Crippen LogP contribution is 2.31. The van der Waals surface area contributed by atoms with Crippen LogP contribution in [-0.2, 0) is 11.3 Å². The highest BCUT2D eigenvalue weighted by Gasteiger charge is 2.47. The maximum atomic E-state index is 13.5. The van der Waals surface area contributed by atoms with Crippen molar-refractivity contribution in [2.24, 2.45) is 0 Å². The van der Waals surface area contributed by atoms with Gasteiger partial charge in [0.05, 0.1) is 47.0 Å². The average Bonchev–Trinajstić information content (AvgIpc) is 3.21. The van der Waals surface area contributed by atoms with Gasteiger partial charge in [-0.1, -0.05) is 29.3 Å². The average molecular weight is 456 g/mol. The van der Waals surface area contributed by atoms with Gasteiger partial charge in [0.1, 0.15) is 6.04 Å². The smallest absolute Gasteiger partial charge is 0.268 e. The van der Waals surface area contributed by atoms with Crippen molar-refractivity contribution in [3.63, 3.8) is 0 Å². The molecular weight excluding hydrogens is 439 g/mol. The van der Waals surface area contributed by atoms with Crippen LogP contribution in [0.1, 0.15) is 28.0 Å². The van der Waals surface area contributed by atoms with Crippen molar-refractivity contribution in [2.75, 3.05) is 13.1 Å². The molecule has 1 aliphatic heterocycles. The second-order valence-electron chi connectivity index (χ2n) is 6.98. The maximum absolute atomic E-state index is 13.5. The lowest BCUT2D eigenvalue weighted by Gasteiger charge is -2.19. The minimum atomic E-state index is -3.11. The largest absolute Gasteiger partial charge is 0.343 e. The third-order valence-corrected chi connectivity index (χ3v) is 5.40. The highest BCUT2D eigenvalue weighted by atomic mass is 35.5. The molecule has 3 rings (SSSR count). The summed E-state index contributed by atoms with van der Waals surface area (Å²) in [5.41, 5.74) is 1.50. The van der Waals surface area contributed by atoms with Gasteiger partial charge in [-0.15, -0.1) is 0 Å². The number of hydrogen-bond donors (Lipinski definition) is 1. The van der Waals surface area contributed by atoms with Gasteiger partial charge in [-0.25, -0.2) is 8.78 Å². The molecule has 1 fully saturated rings. The molecule has 2 aromatic rings. The molecule has 11 heteroatoms. The fraction of sp³-hybridized carbons (Fsp3) is 0.368. The van der Waals surface area contributed by atoms with Crippen LogP contribution in [0.4, 0.5) is 8.78 Å². The van der Waals surface area contributed by atoms with Crippen LogP contribution < -0.4 is 5.32 Å². The number of likely N-dealkylation sites (tertiary alicyclic amines) is 1. The predicted octanol–water partition coefficient (Wildman–Crippen LogP) is 3.04. The molecule has 0 spiro atoms. The summed E-state index contributed by atoms with van der Waals surface area (Å²) in [6.07, 6.45) is 0.809. The first-order valence-corrected chi connectivity index (χ1v) is 9.68. The number of hydrogen-bond acceptors (Lipinski definition) is 4. The summed E-state index contributed by atoms with van der Waals surface area (Å²) in [6.45, 7) is 0.649. The number of aromatic nitrogens is 2.